The van der Waals surface area contributed by atoms with Crippen LogP contribution in [0.1, 0.15) is 12.0 Å². The van der Waals surface area contributed by atoms with E-state index < -0.39 is 0 Å². The van der Waals surface area contributed by atoms with E-state index >= 15 is 0 Å². The minimum atomic E-state index is -0.0874. The third kappa shape index (κ3) is 4.24. The molecule has 4 nitrogen and oxygen atoms in total. The average Bonchev–Trinajstić information content (AvgIpc) is 2.46. The number of anilines is 1. The topological polar surface area (TPSA) is 51.2 Å². The first kappa shape index (κ1) is 14.3. The number of nitrogens with zero attached hydrogens (tertiary/aromatic N) is 1. The molecule has 1 N–H and O–H groups in total. The standard InChI is InChI=1S/C15H15ClN2O2/c1-20-12-8-5-11(6-9-12)7-10-15(19)18-14-4-2-3-13(16)17-14/h2-6,8-9H,7,10H2,1H3,(H,17,18,19). The first-order valence-corrected chi connectivity index (χ1v) is 6.60. The molecule has 104 valence electrons. The van der Waals surface area contributed by atoms with Crippen LogP contribution >= 0.6 is 11.6 Å². The summed E-state index contributed by atoms with van der Waals surface area (Å²) >= 11 is 5.76. The highest BCUT2D eigenvalue weighted by molar-refractivity contribution is 6.29. The van der Waals surface area contributed by atoms with Gasteiger partial charge in [0.1, 0.15) is 16.7 Å². The van der Waals surface area contributed by atoms with E-state index in [0.717, 1.165) is 11.3 Å². The number of aryl methyl sites for hydroxylation is 1. The second-order valence-electron chi connectivity index (χ2n) is 4.24. The van der Waals surface area contributed by atoms with Crippen molar-refractivity contribution in [2.24, 2.45) is 0 Å². The largest absolute Gasteiger partial charge is 0.497 e. The minimum absolute atomic E-state index is 0.0874. The first-order chi connectivity index (χ1) is 9.67. The number of aromatic nitrogens is 1. The smallest absolute Gasteiger partial charge is 0.225 e. The molecule has 1 aromatic heterocycles. The van der Waals surface area contributed by atoms with Gasteiger partial charge in [0.2, 0.25) is 5.91 Å². The Labute approximate surface area is 122 Å². The Morgan fingerprint density at radius 3 is 2.65 bits per heavy atom. The predicted molar refractivity (Wildman–Crippen MR) is 79.2 cm³/mol. The Morgan fingerprint density at radius 2 is 2.00 bits per heavy atom. The van der Waals surface area contributed by atoms with Gasteiger partial charge in [0.15, 0.2) is 0 Å². The minimum Gasteiger partial charge on any atom is -0.497 e. The van der Waals surface area contributed by atoms with Gasteiger partial charge < -0.3 is 10.1 Å². The number of methoxy groups -OCH3 is 1. The molecule has 0 radical (unpaired) electrons. The van der Waals surface area contributed by atoms with E-state index in [1.54, 1.807) is 25.3 Å². The maximum Gasteiger partial charge on any atom is 0.225 e. The number of hydrogen-bond acceptors (Lipinski definition) is 3. The Bertz CT molecular complexity index is 585. The quantitative estimate of drug-likeness (QED) is 0.860. The molecule has 0 bridgehead atoms. The molecule has 2 aromatic rings. The van der Waals surface area contributed by atoms with Crippen molar-refractivity contribution in [1.29, 1.82) is 0 Å². The molecule has 0 saturated carbocycles. The van der Waals surface area contributed by atoms with E-state index in [1.165, 1.54) is 0 Å². The summed E-state index contributed by atoms with van der Waals surface area (Å²) in [5.74, 6) is 1.19. The predicted octanol–water partition coefficient (Wildman–Crippen LogP) is 3.31. The second kappa shape index (κ2) is 6.91. The van der Waals surface area contributed by atoms with Crippen molar-refractivity contribution in [2.45, 2.75) is 12.8 Å². The van der Waals surface area contributed by atoms with Crippen molar-refractivity contribution in [2.75, 3.05) is 12.4 Å². The third-order valence-corrected chi connectivity index (χ3v) is 2.99. The number of hydrogen-bond donors (Lipinski definition) is 1. The van der Waals surface area contributed by atoms with Gasteiger partial charge in [0.25, 0.3) is 0 Å². The average molecular weight is 291 g/mol. The summed E-state index contributed by atoms with van der Waals surface area (Å²) < 4.78 is 5.08. The Morgan fingerprint density at radius 1 is 1.25 bits per heavy atom. The fourth-order valence-electron chi connectivity index (χ4n) is 1.73. The van der Waals surface area contributed by atoms with Crippen molar-refractivity contribution in [3.8, 4) is 5.75 Å². The summed E-state index contributed by atoms with van der Waals surface area (Å²) in [7, 11) is 1.63. The summed E-state index contributed by atoms with van der Waals surface area (Å²) in [5, 5.41) is 3.08. The van der Waals surface area contributed by atoms with Crippen LogP contribution in [-0.4, -0.2) is 18.0 Å². The van der Waals surface area contributed by atoms with Crippen LogP contribution in [0.3, 0.4) is 0 Å². The van der Waals surface area contributed by atoms with Crippen LogP contribution in [0.15, 0.2) is 42.5 Å². The number of ether oxygens (including phenoxy) is 1. The fourth-order valence-corrected chi connectivity index (χ4v) is 1.90. The number of benzene rings is 1. The Hall–Kier alpha value is -2.07. The van der Waals surface area contributed by atoms with E-state index in [2.05, 4.69) is 10.3 Å². The highest BCUT2D eigenvalue weighted by Crippen LogP contribution is 2.13. The van der Waals surface area contributed by atoms with E-state index in [0.29, 0.717) is 23.8 Å². The summed E-state index contributed by atoms with van der Waals surface area (Å²) in [4.78, 5) is 15.8. The summed E-state index contributed by atoms with van der Waals surface area (Å²) in [6, 6.07) is 12.8. The van der Waals surface area contributed by atoms with Crippen LogP contribution in [-0.2, 0) is 11.2 Å². The van der Waals surface area contributed by atoms with Crippen molar-refractivity contribution in [1.82, 2.24) is 4.98 Å². The molecule has 0 atom stereocenters. The molecule has 1 aromatic carbocycles. The van der Waals surface area contributed by atoms with Crippen LogP contribution in [0.5, 0.6) is 5.75 Å². The van der Waals surface area contributed by atoms with E-state index in [9.17, 15) is 4.79 Å². The molecule has 1 amide bonds. The number of carbonyl (C=O) groups is 1. The SMILES string of the molecule is COc1ccc(CCC(=O)Nc2cccc(Cl)n2)cc1. The number of pyridine rings is 1. The lowest BCUT2D eigenvalue weighted by Crippen LogP contribution is -2.13. The van der Waals surface area contributed by atoms with Crippen molar-refractivity contribution < 1.29 is 9.53 Å². The molecule has 0 unspecified atom stereocenters. The van der Waals surface area contributed by atoms with Crippen LogP contribution < -0.4 is 10.1 Å². The summed E-state index contributed by atoms with van der Waals surface area (Å²) in [6.07, 6.45) is 1.05. The second-order valence-corrected chi connectivity index (χ2v) is 4.63. The van der Waals surface area contributed by atoms with Gasteiger partial charge in [-0.1, -0.05) is 29.8 Å². The van der Waals surface area contributed by atoms with Gasteiger partial charge in [-0.05, 0) is 36.2 Å². The van der Waals surface area contributed by atoms with E-state index in [1.807, 2.05) is 24.3 Å². The van der Waals surface area contributed by atoms with Gasteiger partial charge in [0, 0.05) is 6.42 Å². The monoisotopic (exact) mass is 290 g/mol. The zero-order chi connectivity index (χ0) is 14.4. The molecule has 0 aliphatic carbocycles. The zero-order valence-corrected chi connectivity index (χ0v) is 11.9. The molecule has 20 heavy (non-hydrogen) atoms. The number of amides is 1. The van der Waals surface area contributed by atoms with Gasteiger partial charge in [-0.2, -0.15) is 0 Å². The molecule has 0 aliphatic rings. The van der Waals surface area contributed by atoms with Gasteiger partial charge in [0.05, 0.1) is 7.11 Å². The molecule has 0 spiro atoms. The molecule has 5 heteroatoms. The van der Waals surface area contributed by atoms with Crippen LogP contribution in [0.2, 0.25) is 5.15 Å². The number of carbonyl (C=O) groups excluding carboxylic acids is 1. The first-order valence-electron chi connectivity index (χ1n) is 6.23. The maximum absolute atomic E-state index is 11.8. The molecular formula is C15H15ClN2O2. The molecule has 0 aliphatic heterocycles. The number of nitrogens with one attached hydrogen (secondary N) is 1. The van der Waals surface area contributed by atoms with Gasteiger partial charge >= 0.3 is 0 Å². The van der Waals surface area contributed by atoms with Gasteiger partial charge in [-0.15, -0.1) is 0 Å². The van der Waals surface area contributed by atoms with Gasteiger partial charge in [-0.25, -0.2) is 4.98 Å². The number of rotatable bonds is 5. The van der Waals surface area contributed by atoms with Crippen molar-refractivity contribution >= 4 is 23.3 Å². The lowest BCUT2D eigenvalue weighted by Gasteiger charge is -2.05. The highest BCUT2D eigenvalue weighted by atomic mass is 35.5. The van der Waals surface area contributed by atoms with Crippen molar-refractivity contribution in [3.05, 3.63) is 53.2 Å². The molecule has 0 saturated heterocycles. The highest BCUT2D eigenvalue weighted by Gasteiger charge is 2.04. The fraction of sp³-hybridized carbons (Fsp3) is 0.200. The molecule has 2 rings (SSSR count). The number of halogens is 1. The van der Waals surface area contributed by atoms with E-state index in [-0.39, 0.29) is 5.91 Å². The molecule has 0 fully saturated rings. The summed E-state index contributed by atoms with van der Waals surface area (Å²) in [6.45, 7) is 0. The van der Waals surface area contributed by atoms with Crippen LogP contribution in [0, 0.1) is 0 Å². The summed E-state index contributed by atoms with van der Waals surface area (Å²) in [5.41, 5.74) is 1.08. The Kier molecular flexibility index (Phi) is 4.96. The Balaban J connectivity index is 1.85. The molecule has 1 heterocycles. The van der Waals surface area contributed by atoms with E-state index in [4.69, 9.17) is 16.3 Å². The third-order valence-electron chi connectivity index (χ3n) is 2.78. The molecular weight excluding hydrogens is 276 g/mol. The van der Waals surface area contributed by atoms with Crippen LogP contribution in [0.4, 0.5) is 5.82 Å². The maximum atomic E-state index is 11.8. The zero-order valence-electron chi connectivity index (χ0n) is 11.1. The lowest BCUT2D eigenvalue weighted by atomic mass is 10.1. The van der Waals surface area contributed by atoms with Gasteiger partial charge in [-0.3, -0.25) is 4.79 Å². The van der Waals surface area contributed by atoms with Crippen molar-refractivity contribution in [3.63, 3.8) is 0 Å². The lowest BCUT2D eigenvalue weighted by molar-refractivity contribution is -0.116. The normalized spacial score (nSPS) is 10.1. The van der Waals surface area contributed by atoms with Crippen LogP contribution in [0.25, 0.3) is 0 Å².